The van der Waals surface area contributed by atoms with Crippen LogP contribution < -0.4 is 0 Å². The molecule has 0 spiro atoms. The molecule has 1 aromatic heterocycles. The van der Waals surface area contributed by atoms with Crippen LogP contribution in [0.5, 0.6) is 0 Å². The van der Waals surface area contributed by atoms with Crippen molar-refractivity contribution in [1.82, 2.24) is 19.9 Å². The van der Waals surface area contributed by atoms with E-state index in [0.717, 1.165) is 30.8 Å². The largest absolute Gasteiger partial charge is 0.284 e. The van der Waals surface area contributed by atoms with Crippen molar-refractivity contribution >= 4 is 11.0 Å². The van der Waals surface area contributed by atoms with Gasteiger partial charge in [0.1, 0.15) is 5.52 Å². The first-order valence-corrected chi connectivity index (χ1v) is 7.35. The number of unbranched alkanes of at least 4 members (excludes halogenated alkanes) is 2. The first-order chi connectivity index (χ1) is 9.35. The van der Waals surface area contributed by atoms with Crippen LogP contribution in [0.4, 0.5) is 0 Å². The highest BCUT2D eigenvalue weighted by Crippen LogP contribution is 2.11. The Morgan fingerprint density at radius 1 is 1.05 bits per heavy atom. The molecule has 0 radical (unpaired) electrons. The van der Waals surface area contributed by atoms with Crippen LogP contribution in [0, 0.1) is 0 Å². The van der Waals surface area contributed by atoms with Crippen LogP contribution in [0.15, 0.2) is 24.3 Å². The van der Waals surface area contributed by atoms with Gasteiger partial charge in [-0.25, -0.2) is 4.68 Å². The molecule has 2 aromatic rings. The lowest BCUT2D eigenvalue weighted by Gasteiger charge is -2.21. The van der Waals surface area contributed by atoms with E-state index < -0.39 is 0 Å². The molecule has 0 saturated heterocycles. The monoisotopic (exact) mass is 260 g/mol. The second-order valence-corrected chi connectivity index (χ2v) is 5.04. The summed E-state index contributed by atoms with van der Waals surface area (Å²) in [7, 11) is 0. The van der Waals surface area contributed by atoms with Crippen LogP contribution >= 0.6 is 0 Å². The fraction of sp³-hybridized carbons (Fsp3) is 0.600. The molecule has 104 valence electrons. The van der Waals surface area contributed by atoms with Gasteiger partial charge < -0.3 is 0 Å². The third kappa shape index (κ3) is 3.77. The van der Waals surface area contributed by atoms with Gasteiger partial charge in [-0.2, -0.15) is 0 Å². The van der Waals surface area contributed by atoms with E-state index in [-0.39, 0.29) is 0 Å². The molecule has 0 fully saturated rings. The summed E-state index contributed by atoms with van der Waals surface area (Å²) in [5, 5.41) is 8.49. The Kier molecular flexibility index (Phi) is 5.33. The molecule has 4 heteroatoms. The Morgan fingerprint density at radius 2 is 1.74 bits per heavy atom. The first-order valence-electron chi connectivity index (χ1n) is 7.35. The Balaban J connectivity index is 2.06. The fourth-order valence-corrected chi connectivity index (χ4v) is 2.23. The highest BCUT2D eigenvalue weighted by Gasteiger charge is 2.08. The lowest BCUT2D eigenvalue weighted by molar-refractivity contribution is 0.203. The second-order valence-electron chi connectivity index (χ2n) is 5.04. The van der Waals surface area contributed by atoms with Crippen molar-refractivity contribution in [1.29, 1.82) is 0 Å². The number of hydrogen-bond donors (Lipinski definition) is 0. The lowest BCUT2D eigenvalue weighted by Crippen LogP contribution is -2.29. The van der Waals surface area contributed by atoms with Crippen LogP contribution in [0.25, 0.3) is 11.0 Å². The molecule has 0 saturated carbocycles. The molecule has 0 bridgehead atoms. The second kappa shape index (κ2) is 7.24. The summed E-state index contributed by atoms with van der Waals surface area (Å²) < 4.78 is 2.01. The van der Waals surface area contributed by atoms with E-state index in [2.05, 4.69) is 35.1 Å². The number of rotatable bonds is 8. The Morgan fingerprint density at radius 3 is 2.42 bits per heavy atom. The first kappa shape index (κ1) is 14.0. The fourth-order valence-electron chi connectivity index (χ4n) is 2.23. The summed E-state index contributed by atoms with van der Waals surface area (Å²) in [4.78, 5) is 2.48. The van der Waals surface area contributed by atoms with Gasteiger partial charge in [-0.3, -0.25) is 4.90 Å². The van der Waals surface area contributed by atoms with E-state index in [9.17, 15) is 0 Å². The molecule has 0 atom stereocenters. The number of fused-ring (bicyclic) bond motifs is 1. The molecule has 1 heterocycles. The molecule has 19 heavy (non-hydrogen) atoms. The zero-order chi connectivity index (χ0) is 13.5. The van der Waals surface area contributed by atoms with Crippen molar-refractivity contribution < 1.29 is 0 Å². The topological polar surface area (TPSA) is 34.0 Å². The molecule has 0 aliphatic carbocycles. The third-order valence-electron chi connectivity index (χ3n) is 3.41. The highest BCUT2D eigenvalue weighted by molar-refractivity contribution is 5.73. The minimum absolute atomic E-state index is 0.848. The van der Waals surface area contributed by atoms with Gasteiger partial charge >= 0.3 is 0 Å². The standard InChI is InChI=1S/C15H24N4/c1-3-5-11-18(12-6-4-2)13-19-15-10-8-7-9-14(15)16-17-19/h7-10H,3-6,11-13H2,1-2H3. The number of benzene rings is 1. The van der Waals surface area contributed by atoms with Gasteiger partial charge in [-0.15, -0.1) is 5.10 Å². The SMILES string of the molecule is CCCCN(CCCC)Cn1nnc2ccccc21. The lowest BCUT2D eigenvalue weighted by atomic mass is 10.3. The van der Waals surface area contributed by atoms with Crippen molar-refractivity contribution in [2.24, 2.45) is 0 Å². The van der Waals surface area contributed by atoms with Gasteiger partial charge in [-0.05, 0) is 38.1 Å². The van der Waals surface area contributed by atoms with Gasteiger partial charge in [0.25, 0.3) is 0 Å². The summed E-state index contributed by atoms with van der Waals surface area (Å²) >= 11 is 0. The van der Waals surface area contributed by atoms with E-state index in [1.807, 2.05) is 22.9 Å². The van der Waals surface area contributed by atoms with E-state index in [0.29, 0.717) is 0 Å². The number of aromatic nitrogens is 3. The number of para-hydroxylation sites is 1. The van der Waals surface area contributed by atoms with Crippen molar-refractivity contribution in [2.45, 2.75) is 46.2 Å². The summed E-state index contributed by atoms with van der Waals surface area (Å²) in [6.45, 7) is 7.61. The smallest absolute Gasteiger partial charge is 0.113 e. The van der Waals surface area contributed by atoms with Crippen LogP contribution in [-0.2, 0) is 6.67 Å². The van der Waals surface area contributed by atoms with E-state index >= 15 is 0 Å². The minimum atomic E-state index is 0.848. The Labute approximate surface area is 115 Å². The molecule has 0 aliphatic rings. The minimum Gasteiger partial charge on any atom is -0.284 e. The van der Waals surface area contributed by atoms with Crippen LogP contribution in [-0.4, -0.2) is 33.0 Å². The maximum Gasteiger partial charge on any atom is 0.113 e. The predicted octanol–water partition coefficient (Wildman–Crippen LogP) is 3.29. The van der Waals surface area contributed by atoms with E-state index in [4.69, 9.17) is 0 Å². The molecule has 0 amide bonds. The molecule has 2 rings (SSSR count). The number of hydrogen-bond acceptors (Lipinski definition) is 3. The van der Waals surface area contributed by atoms with Crippen molar-refractivity contribution in [3.05, 3.63) is 24.3 Å². The van der Waals surface area contributed by atoms with E-state index in [1.165, 1.54) is 25.7 Å². The van der Waals surface area contributed by atoms with Gasteiger partial charge in [0.2, 0.25) is 0 Å². The molecule has 4 nitrogen and oxygen atoms in total. The zero-order valence-corrected chi connectivity index (χ0v) is 12.0. The van der Waals surface area contributed by atoms with Crippen molar-refractivity contribution in [3.8, 4) is 0 Å². The van der Waals surface area contributed by atoms with E-state index in [1.54, 1.807) is 0 Å². The number of nitrogens with zero attached hydrogens (tertiary/aromatic N) is 4. The summed E-state index contributed by atoms with van der Waals surface area (Å²) in [5.74, 6) is 0. The molecule has 0 aliphatic heterocycles. The van der Waals surface area contributed by atoms with Gasteiger partial charge in [0.05, 0.1) is 12.2 Å². The summed E-state index contributed by atoms with van der Waals surface area (Å²) in [6.07, 6.45) is 4.97. The van der Waals surface area contributed by atoms with Crippen LogP contribution in [0.1, 0.15) is 39.5 Å². The van der Waals surface area contributed by atoms with Crippen LogP contribution in [0.2, 0.25) is 0 Å². The average Bonchev–Trinajstić information content (AvgIpc) is 2.85. The maximum absolute atomic E-state index is 4.28. The highest BCUT2D eigenvalue weighted by atomic mass is 15.5. The molecule has 0 N–H and O–H groups in total. The van der Waals surface area contributed by atoms with Crippen molar-refractivity contribution in [2.75, 3.05) is 13.1 Å². The van der Waals surface area contributed by atoms with Crippen LogP contribution in [0.3, 0.4) is 0 Å². The Bertz CT molecular complexity index is 484. The third-order valence-corrected chi connectivity index (χ3v) is 3.41. The molecule has 1 aromatic carbocycles. The Hall–Kier alpha value is -1.42. The summed E-state index contributed by atoms with van der Waals surface area (Å²) in [6, 6.07) is 8.16. The van der Waals surface area contributed by atoms with Crippen molar-refractivity contribution in [3.63, 3.8) is 0 Å². The molecular formula is C15H24N4. The normalized spacial score (nSPS) is 11.5. The zero-order valence-electron chi connectivity index (χ0n) is 12.0. The maximum atomic E-state index is 4.28. The average molecular weight is 260 g/mol. The molecule has 0 unspecified atom stereocenters. The quantitative estimate of drug-likeness (QED) is 0.730. The van der Waals surface area contributed by atoms with Gasteiger partial charge in [0.15, 0.2) is 0 Å². The predicted molar refractivity (Wildman–Crippen MR) is 78.9 cm³/mol. The summed E-state index contributed by atoms with van der Waals surface area (Å²) in [5.41, 5.74) is 2.11. The molecular weight excluding hydrogens is 236 g/mol. The van der Waals surface area contributed by atoms with Gasteiger partial charge in [0, 0.05) is 0 Å². The van der Waals surface area contributed by atoms with Gasteiger partial charge in [-0.1, -0.05) is 44.0 Å².